The van der Waals surface area contributed by atoms with E-state index < -0.39 is 0 Å². The van der Waals surface area contributed by atoms with E-state index in [1.54, 1.807) is 11.8 Å². The maximum Gasteiger partial charge on any atom is 0.414 e. The van der Waals surface area contributed by atoms with Gasteiger partial charge in [-0.2, -0.15) is 4.98 Å². The minimum Gasteiger partial charge on any atom is -0.442 e. The molecule has 2 heterocycles. The highest BCUT2D eigenvalue weighted by molar-refractivity contribution is 9.10. The van der Waals surface area contributed by atoms with Crippen molar-refractivity contribution in [1.29, 1.82) is 0 Å². The molecule has 1 unspecified atom stereocenters. The number of rotatable bonds is 4. The third-order valence-corrected chi connectivity index (χ3v) is 4.11. The summed E-state index contributed by atoms with van der Waals surface area (Å²) in [6.45, 7) is 2.75. The van der Waals surface area contributed by atoms with Crippen LogP contribution < -0.4 is 10.2 Å². The molecule has 1 fully saturated rings. The molecule has 1 atom stereocenters. The molecule has 0 aliphatic carbocycles. The van der Waals surface area contributed by atoms with Crippen LogP contribution in [0.25, 0.3) is 11.5 Å². The monoisotopic (exact) mass is 396 g/mol. The van der Waals surface area contributed by atoms with Crippen LogP contribution >= 0.6 is 28.1 Å². The van der Waals surface area contributed by atoms with Crippen molar-refractivity contribution >= 4 is 44.9 Å². The van der Waals surface area contributed by atoms with E-state index in [0.29, 0.717) is 24.0 Å². The van der Waals surface area contributed by atoms with Crippen LogP contribution in [0.15, 0.2) is 33.5 Å². The summed E-state index contributed by atoms with van der Waals surface area (Å²) in [5.41, 5.74) is 1.49. The van der Waals surface area contributed by atoms with E-state index in [-0.39, 0.29) is 12.2 Å². The van der Waals surface area contributed by atoms with Gasteiger partial charge in [0.2, 0.25) is 0 Å². The Morgan fingerprint density at radius 2 is 2.39 bits per heavy atom. The second-order valence-electron chi connectivity index (χ2n) is 4.96. The Hall–Kier alpha value is -2.00. The fourth-order valence-corrected chi connectivity index (χ4v) is 2.85. The van der Waals surface area contributed by atoms with Crippen molar-refractivity contribution in [3.63, 3.8) is 0 Å². The lowest BCUT2D eigenvalue weighted by molar-refractivity contribution is 0.143. The highest BCUT2D eigenvalue weighted by atomic mass is 79.9. The fourth-order valence-electron chi connectivity index (χ4n) is 2.23. The molecule has 1 saturated heterocycles. The van der Waals surface area contributed by atoms with E-state index in [4.69, 9.17) is 21.5 Å². The van der Waals surface area contributed by atoms with Gasteiger partial charge in [0.05, 0.1) is 23.6 Å². The highest BCUT2D eigenvalue weighted by Gasteiger charge is 2.32. The van der Waals surface area contributed by atoms with Gasteiger partial charge in [-0.1, -0.05) is 17.4 Å². The first-order chi connectivity index (χ1) is 11.0. The van der Waals surface area contributed by atoms with Crippen LogP contribution in [0.2, 0.25) is 0 Å². The van der Waals surface area contributed by atoms with Gasteiger partial charge in [-0.15, -0.1) is 0 Å². The Morgan fingerprint density at radius 1 is 1.57 bits per heavy atom. The topological polar surface area (TPSA) is 80.5 Å². The number of benzene rings is 1. The van der Waals surface area contributed by atoms with Gasteiger partial charge in [-0.25, -0.2) is 4.79 Å². The van der Waals surface area contributed by atoms with Gasteiger partial charge in [-0.3, -0.25) is 4.90 Å². The molecule has 0 bridgehead atoms. The maximum atomic E-state index is 12.0. The fraction of sp³-hybridized carbons (Fsp3) is 0.286. The predicted molar refractivity (Wildman–Crippen MR) is 91.3 cm³/mol. The molecule has 1 N–H and O–H groups in total. The van der Waals surface area contributed by atoms with Gasteiger partial charge in [0.1, 0.15) is 6.10 Å². The van der Waals surface area contributed by atoms with Crippen molar-refractivity contribution in [2.24, 2.45) is 0 Å². The van der Waals surface area contributed by atoms with Crippen molar-refractivity contribution < 1.29 is 14.1 Å². The van der Waals surface area contributed by atoms with Crippen LogP contribution in [-0.4, -0.2) is 40.4 Å². The zero-order chi connectivity index (χ0) is 16.4. The third-order valence-electron chi connectivity index (χ3n) is 3.31. The number of cyclic esters (lactones) is 1. The zero-order valence-corrected chi connectivity index (χ0v) is 14.6. The smallest absolute Gasteiger partial charge is 0.414 e. The first kappa shape index (κ1) is 15.9. The first-order valence-corrected chi connectivity index (χ1v) is 8.04. The lowest BCUT2D eigenvalue weighted by Gasteiger charge is -2.14. The van der Waals surface area contributed by atoms with Gasteiger partial charge in [0.25, 0.3) is 5.89 Å². The average Bonchev–Trinajstić information content (AvgIpc) is 3.14. The van der Waals surface area contributed by atoms with Crippen LogP contribution in [0.4, 0.5) is 10.5 Å². The van der Waals surface area contributed by atoms with E-state index in [1.807, 2.05) is 18.2 Å². The molecule has 0 saturated carbocycles. The van der Waals surface area contributed by atoms with Crippen LogP contribution in [0.5, 0.6) is 0 Å². The lowest BCUT2D eigenvalue weighted by atomic mass is 10.2. The predicted octanol–water partition coefficient (Wildman–Crippen LogP) is 2.76. The van der Waals surface area contributed by atoms with Crippen molar-refractivity contribution in [3.8, 4) is 11.5 Å². The Morgan fingerprint density at radius 3 is 3.04 bits per heavy atom. The molecule has 1 aromatic carbocycles. The van der Waals surface area contributed by atoms with Gasteiger partial charge in [0, 0.05) is 10.2 Å². The van der Waals surface area contributed by atoms with E-state index >= 15 is 0 Å². The molecule has 23 heavy (non-hydrogen) atoms. The summed E-state index contributed by atoms with van der Waals surface area (Å²) in [5.74, 6) is 0.408. The molecule has 0 radical (unpaired) electrons. The first-order valence-electron chi connectivity index (χ1n) is 6.84. The van der Waals surface area contributed by atoms with E-state index in [9.17, 15) is 4.79 Å². The number of carbonyl (C=O) groups is 1. The number of hydrogen-bond acceptors (Lipinski definition) is 6. The maximum absolute atomic E-state index is 12.0. The summed E-state index contributed by atoms with van der Waals surface area (Å²) in [6, 6.07) is 5.44. The molecule has 9 heteroatoms. The Bertz CT molecular complexity index is 738. The van der Waals surface area contributed by atoms with E-state index in [0.717, 1.165) is 15.7 Å². The average molecular weight is 397 g/mol. The van der Waals surface area contributed by atoms with E-state index in [2.05, 4.69) is 31.4 Å². The summed E-state index contributed by atoms with van der Waals surface area (Å²) in [6.07, 6.45) is 0.717. The van der Waals surface area contributed by atoms with Crippen molar-refractivity contribution in [1.82, 2.24) is 15.5 Å². The van der Waals surface area contributed by atoms with Gasteiger partial charge in [-0.05, 0) is 41.1 Å². The second kappa shape index (κ2) is 6.63. The van der Waals surface area contributed by atoms with Crippen LogP contribution in [0.1, 0.15) is 6.92 Å². The molecule has 2 aromatic rings. The van der Waals surface area contributed by atoms with Crippen LogP contribution in [0.3, 0.4) is 0 Å². The summed E-state index contributed by atoms with van der Waals surface area (Å²) in [4.78, 5) is 18.3. The Labute approximate surface area is 146 Å². The number of halogens is 1. The van der Waals surface area contributed by atoms with Crippen molar-refractivity contribution in [2.75, 3.05) is 18.0 Å². The minimum atomic E-state index is -0.378. The molecule has 1 aliphatic rings. The zero-order valence-electron chi connectivity index (χ0n) is 12.2. The molecule has 7 nitrogen and oxygen atoms in total. The molecular formula is C14H13BrN4O3S. The van der Waals surface area contributed by atoms with Crippen LogP contribution in [-0.2, 0) is 4.74 Å². The van der Waals surface area contributed by atoms with Crippen molar-refractivity contribution in [2.45, 2.75) is 13.0 Å². The SMILES string of the molecule is CC(=S)NCC1CN(c2ccc(-c3ncno3)c(Br)c2)C(=O)O1. The molecule has 1 aromatic heterocycles. The van der Waals surface area contributed by atoms with Crippen molar-refractivity contribution in [3.05, 3.63) is 29.0 Å². The number of nitrogens with one attached hydrogen (secondary N) is 1. The molecular weight excluding hydrogens is 384 g/mol. The normalized spacial score (nSPS) is 17.2. The summed E-state index contributed by atoms with van der Waals surface area (Å²) in [5, 5.41) is 6.60. The third kappa shape index (κ3) is 3.50. The molecule has 120 valence electrons. The number of hydrogen-bond donors (Lipinski definition) is 1. The molecule has 3 rings (SSSR count). The molecule has 1 amide bonds. The van der Waals surface area contributed by atoms with E-state index in [1.165, 1.54) is 6.33 Å². The second-order valence-corrected chi connectivity index (χ2v) is 6.43. The number of ether oxygens (including phenoxy) is 1. The standard InChI is InChI=1S/C14H13BrN4O3S/c1-8(23)16-5-10-6-19(14(20)21-10)9-2-3-11(12(15)4-9)13-17-7-18-22-13/h2-4,7,10H,5-6H2,1H3,(H,16,23). The quantitative estimate of drug-likeness (QED) is 0.795. The Balaban J connectivity index is 1.76. The molecule has 0 spiro atoms. The number of aromatic nitrogens is 2. The number of thiocarbonyl (C=S) groups is 1. The highest BCUT2D eigenvalue weighted by Crippen LogP contribution is 2.32. The van der Waals surface area contributed by atoms with Gasteiger partial charge < -0.3 is 14.6 Å². The summed E-state index contributed by atoms with van der Waals surface area (Å²) in [7, 11) is 0. The molecule has 1 aliphatic heterocycles. The number of carbonyl (C=O) groups excluding carboxylic acids is 1. The van der Waals surface area contributed by atoms with Crippen LogP contribution in [0, 0.1) is 0 Å². The number of anilines is 1. The minimum absolute atomic E-state index is 0.241. The summed E-state index contributed by atoms with van der Waals surface area (Å²) < 4.78 is 11.1. The number of nitrogens with zero attached hydrogens (tertiary/aromatic N) is 3. The lowest BCUT2D eigenvalue weighted by Crippen LogP contribution is -2.32. The van der Waals surface area contributed by atoms with Gasteiger partial charge in [0.15, 0.2) is 6.33 Å². The Kier molecular flexibility index (Phi) is 4.58. The van der Waals surface area contributed by atoms with Gasteiger partial charge >= 0.3 is 6.09 Å². The number of amides is 1. The largest absolute Gasteiger partial charge is 0.442 e. The summed E-state index contributed by atoms with van der Waals surface area (Å²) >= 11 is 8.43.